The third kappa shape index (κ3) is 2.40. The van der Waals surface area contributed by atoms with Crippen LogP contribution in [-0.4, -0.2) is 17.3 Å². The lowest BCUT2D eigenvalue weighted by molar-refractivity contribution is -0.0527. The van der Waals surface area contributed by atoms with Gasteiger partial charge in [-0.2, -0.15) is 4.98 Å². The van der Waals surface area contributed by atoms with Crippen LogP contribution in [0.5, 0.6) is 0 Å². The van der Waals surface area contributed by atoms with Gasteiger partial charge in [0.1, 0.15) is 11.4 Å². The van der Waals surface area contributed by atoms with Crippen molar-refractivity contribution in [2.24, 2.45) is 0 Å². The predicted octanol–water partition coefficient (Wildman–Crippen LogP) is 3.26. The number of methoxy groups -OCH3 is 1. The molecule has 6 heteroatoms. The molecule has 1 aliphatic rings. The summed E-state index contributed by atoms with van der Waals surface area (Å²) >= 11 is 0. The fourth-order valence-electron chi connectivity index (χ4n) is 2.92. The molecule has 0 amide bonds. The average molecular weight is 291 g/mol. The van der Waals surface area contributed by atoms with Gasteiger partial charge >= 0.3 is 0 Å². The van der Waals surface area contributed by atoms with Crippen LogP contribution in [0.25, 0.3) is 11.5 Å². The lowest BCUT2D eigenvalue weighted by Gasteiger charge is -2.32. The van der Waals surface area contributed by atoms with Crippen molar-refractivity contribution in [1.29, 1.82) is 0 Å². The molecule has 0 spiro atoms. The van der Waals surface area contributed by atoms with Crippen LogP contribution in [0, 0.1) is 5.82 Å². The summed E-state index contributed by atoms with van der Waals surface area (Å²) in [6.07, 6.45) is 4.97. The second-order valence-corrected chi connectivity index (χ2v) is 5.39. The fourth-order valence-corrected chi connectivity index (χ4v) is 2.92. The first-order valence-electron chi connectivity index (χ1n) is 7.10. The van der Waals surface area contributed by atoms with E-state index in [-0.39, 0.29) is 17.1 Å². The van der Waals surface area contributed by atoms with Gasteiger partial charge in [-0.25, -0.2) is 4.39 Å². The Balaban J connectivity index is 2.00. The molecule has 2 N–H and O–H groups in total. The summed E-state index contributed by atoms with van der Waals surface area (Å²) in [7, 11) is 1.65. The van der Waals surface area contributed by atoms with Crippen molar-refractivity contribution in [3.8, 4) is 11.5 Å². The van der Waals surface area contributed by atoms with Crippen LogP contribution in [0.15, 0.2) is 22.7 Å². The molecular formula is C15H18FN3O2. The smallest absolute Gasteiger partial charge is 0.263 e. The number of halogens is 1. The van der Waals surface area contributed by atoms with Gasteiger partial charge in [-0.1, -0.05) is 30.5 Å². The second kappa shape index (κ2) is 5.44. The summed E-state index contributed by atoms with van der Waals surface area (Å²) in [5, 5.41) is 4.01. The maximum atomic E-state index is 13.9. The van der Waals surface area contributed by atoms with E-state index in [1.807, 2.05) is 0 Å². The SMILES string of the molecule is COC1(c2noc(-c3c(N)cccc3F)n2)CCCCC1. The molecule has 0 saturated heterocycles. The van der Waals surface area contributed by atoms with Gasteiger partial charge in [0, 0.05) is 12.8 Å². The van der Waals surface area contributed by atoms with Crippen molar-refractivity contribution in [1.82, 2.24) is 10.1 Å². The number of hydrogen-bond acceptors (Lipinski definition) is 5. The molecule has 5 nitrogen and oxygen atoms in total. The minimum atomic E-state index is -0.528. The molecule has 0 aliphatic heterocycles. The molecule has 1 fully saturated rings. The normalized spacial score (nSPS) is 17.8. The van der Waals surface area contributed by atoms with Crippen molar-refractivity contribution >= 4 is 5.69 Å². The number of ether oxygens (including phenoxy) is 1. The predicted molar refractivity (Wildman–Crippen MR) is 75.9 cm³/mol. The topological polar surface area (TPSA) is 74.2 Å². The molecule has 2 aromatic rings. The molecule has 112 valence electrons. The summed E-state index contributed by atoms with van der Waals surface area (Å²) < 4.78 is 24.8. The summed E-state index contributed by atoms with van der Waals surface area (Å²) in [6, 6.07) is 4.47. The highest BCUT2D eigenvalue weighted by Gasteiger charge is 2.38. The van der Waals surface area contributed by atoms with Gasteiger partial charge in [0.05, 0.1) is 5.56 Å². The Kier molecular flexibility index (Phi) is 3.63. The molecule has 0 bridgehead atoms. The van der Waals surface area contributed by atoms with Crippen LogP contribution < -0.4 is 5.73 Å². The van der Waals surface area contributed by atoms with Crippen LogP contribution in [-0.2, 0) is 10.3 Å². The number of nitrogens with two attached hydrogens (primary N) is 1. The molecule has 3 rings (SSSR count). The molecule has 21 heavy (non-hydrogen) atoms. The van der Waals surface area contributed by atoms with Crippen LogP contribution in [0.1, 0.15) is 37.9 Å². The van der Waals surface area contributed by atoms with Crippen molar-refractivity contribution in [3.05, 3.63) is 29.8 Å². The largest absolute Gasteiger partial charge is 0.398 e. The van der Waals surface area contributed by atoms with E-state index < -0.39 is 11.4 Å². The van der Waals surface area contributed by atoms with E-state index in [1.54, 1.807) is 19.2 Å². The Labute approximate surface area is 122 Å². The highest BCUT2D eigenvalue weighted by atomic mass is 19.1. The number of nitrogens with zero attached hydrogens (tertiary/aromatic N) is 2. The molecule has 1 saturated carbocycles. The van der Waals surface area contributed by atoms with Crippen LogP contribution in [0.2, 0.25) is 0 Å². The van der Waals surface area contributed by atoms with E-state index in [0.29, 0.717) is 5.82 Å². The van der Waals surface area contributed by atoms with Gasteiger partial charge < -0.3 is 15.0 Å². The molecule has 1 heterocycles. The van der Waals surface area contributed by atoms with Crippen molar-refractivity contribution in [3.63, 3.8) is 0 Å². The fraction of sp³-hybridized carbons (Fsp3) is 0.467. The summed E-state index contributed by atoms with van der Waals surface area (Å²) in [4.78, 5) is 4.35. The van der Waals surface area contributed by atoms with E-state index in [0.717, 1.165) is 25.7 Å². The summed E-state index contributed by atoms with van der Waals surface area (Å²) in [5.74, 6) is 0.102. The molecular weight excluding hydrogens is 273 g/mol. The lowest BCUT2D eigenvalue weighted by atomic mass is 9.84. The maximum absolute atomic E-state index is 13.9. The number of anilines is 1. The van der Waals surface area contributed by atoms with E-state index in [2.05, 4.69) is 10.1 Å². The third-order valence-corrected chi connectivity index (χ3v) is 4.15. The third-order valence-electron chi connectivity index (χ3n) is 4.15. The zero-order valence-electron chi connectivity index (χ0n) is 11.9. The zero-order chi connectivity index (χ0) is 14.9. The van der Waals surface area contributed by atoms with Gasteiger partial charge in [-0.15, -0.1) is 0 Å². The molecule has 0 atom stereocenters. The van der Waals surface area contributed by atoms with E-state index in [9.17, 15) is 4.39 Å². The molecule has 1 aliphatic carbocycles. The number of rotatable bonds is 3. The Hall–Kier alpha value is -1.95. The first-order valence-corrected chi connectivity index (χ1v) is 7.10. The van der Waals surface area contributed by atoms with Crippen molar-refractivity contribution in [2.45, 2.75) is 37.7 Å². The van der Waals surface area contributed by atoms with E-state index >= 15 is 0 Å². The van der Waals surface area contributed by atoms with Gasteiger partial charge in [-0.3, -0.25) is 0 Å². The highest BCUT2D eigenvalue weighted by Crippen LogP contribution is 2.39. The monoisotopic (exact) mass is 291 g/mol. The molecule has 1 aromatic heterocycles. The van der Waals surface area contributed by atoms with Gasteiger partial charge in [0.15, 0.2) is 0 Å². The van der Waals surface area contributed by atoms with Crippen molar-refractivity contribution in [2.75, 3.05) is 12.8 Å². The molecule has 1 aromatic carbocycles. The van der Waals surface area contributed by atoms with E-state index in [1.165, 1.54) is 12.5 Å². The van der Waals surface area contributed by atoms with Crippen LogP contribution in [0.4, 0.5) is 10.1 Å². The first kappa shape index (κ1) is 14.0. The average Bonchev–Trinajstić information content (AvgIpc) is 2.98. The minimum absolute atomic E-state index is 0.0996. The minimum Gasteiger partial charge on any atom is -0.398 e. The van der Waals surface area contributed by atoms with E-state index in [4.69, 9.17) is 15.0 Å². The zero-order valence-corrected chi connectivity index (χ0v) is 11.9. The number of benzene rings is 1. The second-order valence-electron chi connectivity index (χ2n) is 5.39. The quantitative estimate of drug-likeness (QED) is 0.878. The first-order chi connectivity index (χ1) is 10.2. The summed E-state index contributed by atoms with van der Waals surface area (Å²) in [6.45, 7) is 0. The molecule has 0 unspecified atom stereocenters. The van der Waals surface area contributed by atoms with Gasteiger partial charge in [-0.05, 0) is 25.0 Å². The highest BCUT2D eigenvalue weighted by molar-refractivity contribution is 5.70. The number of aromatic nitrogens is 2. The lowest BCUT2D eigenvalue weighted by Crippen LogP contribution is -2.32. The molecule has 0 radical (unpaired) electrons. The maximum Gasteiger partial charge on any atom is 0.263 e. The van der Waals surface area contributed by atoms with Crippen LogP contribution in [0.3, 0.4) is 0 Å². The number of hydrogen-bond donors (Lipinski definition) is 1. The Morgan fingerprint density at radius 2 is 2.05 bits per heavy atom. The summed E-state index contributed by atoms with van der Waals surface area (Å²) in [5.41, 5.74) is 5.71. The van der Waals surface area contributed by atoms with Gasteiger partial charge in [0.2, 0.25) is 5.82 Å². The Morgan fingerprint density at radius 3 is 2.71 bits per heavy atom. The Bertz CT molecular complexity index is 615. The van der Waals surface area contributed by atoms with Crippen LogP contribution >= 0.6 is 0 Å². The Morgan fingerprint density at radius 1 is 1.29 bits per heavy atom. The van der Waals surface area contributed by atoms with Gasteiger partial charge in [0.25, 0.3) is 5.89 Å². The number of nitrogen functional groups attached to an aromatic ring is 1. The van der Waals surface area contributed by atoms with Crippen molar-refractivity contribution < 1.29 is 13.7 Å². The standard InChI is InChI=1S/C15H18FN3O2/c1-20-15(8-3-2-4-9-15)14-18-13(21-19-14)12-10(16)6-5-7-11(12)17/h5-7H,2-4,8-9,17H2,1H3.